The fourth-order valence-corrected chi connectivity index (χ4v) is 2.59. The highest BCUT2D eigenvalue weighted by atomic mass is 35.5. The summed E-state index contributed by atoms with van der Waals surface area (Å²) in [6.07, 6.45) is -0.409. The maximum Gasteiger partial charge on any atom is 0.409 e. The van der Waals surface area contributed by atoms with E-state index >= 15 is 0 Å². The molecule has 5 nitrogen and oxygen atoms in total. The Bertz CT molecular complexity index is 560. The molecule has 1 heterocycles. The summed E-state index contributed by atoms with van der Waals surface area (Å²) < 4.78 is 4.96. The first-order chi connectivity index (χ1) is 10.5. The SMILES string of the molecule is O=C(OCCCl)N1CCN(C(=O)c2cc(Cl)ccc2Cl)CC1. The van der Waals surface area contributed by atoms with Crippen molar-refractivity contribution in [2.75, 3.05) is 38.7 Å². The van der Waals surface area contributed by atoms with Gasteiger partial charge in [0.2, 0.25) is 0 Å². The molecular weight excluding hydrogens is 351 g/mol. The molecule has 0 radical (unpaired) electrons. The van der Waals surface area contributed by atoms with Gasteiger partial charge in [-0.2, -0.15) is 0 Å². The van der Waals surface area contributed by atoms with Crippen LogP contribution in [0, 0.1) is 0 Å². The van der Waals surface area contributed by atoms with Gasteiger partial charge >= 0.3 is 6.09 Å². The van der Waals surface area contributed by atoms with E-state index in [-0.39, 0.29) is 18.4 Å². The third-order valence-corrected chi connectivity index (χ3v) is 4.01. The third kappa shape index (κ3) is 4.18. The molecule has 0 N–H and O–H groups in total. The Hall–Kier alpha value is -1.17. The number of ether oxygens (including phenoxy) is 1. The average Bonchev–Trinajstić information content (AvgIpc) is 2.54. The monoisotopic (exact) mass is 364 g/mol. The van der Waals surface area contributed by atoms with E-state index < -0.39 is 6.09 Å². The maximum absolute atomic E-state index is 12.5. The van der Waals surface area contributed by atoms with Crippen LogP contribution in [0.1, 0.15) is 10.4 Å². The Morgan fingerprint density at radius 3 is 2.36 bits per heavy atom. The lowest BCUT2D eigenvalue weighted by Gasteiger charge is -2.34. The second kappa shape index (κ2) is 7.90. The van der Waals surface area contributed by atoms with E-state index in [1.54, 1.807) is 28.0 Å². The van der Waals surface area contributed by atoms with Crippen molar-refractivity contribution >= 4 is 46.8 Å². The van der Waals surface area contributed by atoms with Gasteiger partial charge in [0.15, 0.2) is 0 Å². The van der Waals surface area contributed by atoms with E-state index in [9.17, 15) is 9.59 Å². The van der Waals surface area contributed by atoms with Crippen LogP contribution in [0.25, 0.3) is 0 Å². The minimum absolute atomic E-state index is 0.178. The molecule has 1 fully saturated rings. The van der Waals surface area contributed by atoms with Crippen molar-refractivity contribution in [2.24, 2.45) is 0 Å². The van der Waals surface area contributed by atoms with E-state index in [1.165, 1.54) is 0 Å². The van der Waals surface area contributed by atoms with E-state index in [1.807, 2.05) is 0 Å². The van der Waals surface area contributed by atoms with Crippen LogP contribution in [0.2, 0.25) is 10.0 Å². The van der Waals surface area contributed by atoms with Crippen molar-refractivity contribution < 1.29 is 14.3 Å². The minimum atomic E-state index is -0.409. The van der Waals surface area contributed by atoms with Crippen LogP contribution < -0.4 is 0 Å². The molecule has 1 saturated heterocycles. The van der Waals surface area contributed by atoms with Crippen LogP contribution in [-0.2, 0) is 4.74 Å². The van der Waals surface area contributed by atoms with Gasteiger partial charge in [-0.3, -0.25) is 4.79 Å². The Morgan fingerprint density at radius 1 is 1.09 bits per heavy atom. The molecule has 0 unspecified atom stereocenters. The van der Waals surface area contributed by atoms with E-state index in [4.69, 9.17) is 39.5 Å². The van der Waals surface area contributed by atoms with Gasteiger partial charge in [0, 0.05) is 31.2 Å². The van der Waals surface area contributed by atoms with Crippen molar-refractivity contribution in [3.8, 4) is 0 Å². The van der Waals surface area contributed by atoms with Crippen molar-refractivity contribution in [1.29, 1.82) is 0 Å². The first-order valence-electron chi connectivity index (χ1n) is 6.75. The molecular formula is C14H15Cl3N2O3. The lowest BCUT2D eigenvalue weighted by molar-refractivity contribution is 0.0572. The molecule has 0 atom stereocenters. The second-order valence-electron chi connectivity index (χ2n) is 4.71. The smallest absolute Gasteiger partial charge is 0.409 e. The summed E-state index contributed by atoms with van der Waals surface area (Å²) >= 11 is 17.4. The summed E-state index contributed by atoms with van der Waals surface area (Å²) in [5.41, 5.74) is 0.368. The fraction of sp³-hybridized carbons (Fsp3) is 0.429. The molecule has 1 aliphatic heterocycles. The number of halogens is 3. The molecule has 0 aromatic heterocycles. The van der Waals surface area contributed by atoms with Gasteiger partial charge in [0.05, 0.1) is 16.5 Å². The average molecular weight is 366 g/mol. The van der Waals surface area contributed by atoms with Crippen LogP contribution in [0.5, 0.6) is 0 Å². The fourth-order valence-electron chi connectivity index (χ4n) is 2.14. The first-order valence-corrected chi connectivity index (χ1v) is 8.04. The zero-order chi connectivity index (χ0) is 16.1. The highest BCUT2D eigenvalue weighted by molar-refractivity contribution is 6.35. The molecule has 1 aliphatic rings. The highest BCUT2D eigenvalue weighted by Gasteiger charge is 2.26. The summed E-state index contributed by atoms with van der Waals surface area (Å²) in [5, 5.41) is 0.814. The molecule has 1 aromatic rings. The number of hydrogen-bond donors (Lipinski definition) is 0. The Labute approximate surface area is 143 Å². The molecule has 8 heteroatoms. The van der Waals surface area contributed by atoms with Gasteiger partial charge in [0.25, 0.3) is 5.91 Å². The van der Waals surface area contributed by atoms with E-state index in [0.717, 1.165) is 0 Å². The summed E-state index contributed by atoms with van der Waals surface area (Å²) in [6, 6.07) is 4.77. The molecule has 2 amide bonds. The topological polar surface area (TPSA) is 49.9 Å². The Kier molecular flexibility index (Phi) is 6.17. The van der Waals surface area contributed by atoms with Crippen LogP contribution in [0.4, 0.5) is 4.79 Å². The molecule has 0 spiro atoms. The van der Waals surface area contributed by atoms with E-state index in [2.05, 4.69) is 0 Å². The summed E-state index contributed by atoms with van der Waals surface area (Å²) in [7, 11) is 0. The van der Waals surface area contributed by atoms with E-state index in [0.29, 0.717) is 41.8 Å². The number of amides is 2. The largest absolute Gasteiger partial charge is 0.448 e. The Balaban J connectivity index is 1.95. The summed E-state index contributed by atoms with van der Waals surface area (Å²) in [6.45, 7) is 1.82. The standard InChI is InChI=1S/C14H15Cl3N2O3/c15-3-8-22-14(21)19-6-4-18(5-7-19)13(20)11-9-10(16)1-2-12(11)17/h1-2,9H,3-8H2. The molecule has 22 heavy (non-hydrogen) atoms. The molecule has 120 valence electrons. The highest BCUT2D eigenvalue weighted by Crippen LogP contribution is 2.22. The summed E-state index contributed by atoms with van der Waals surface area (Å²) in [5.74, 6) is 0.0681. The predicted octanol–water partition coefficient (Wildman–Crippen LogP) is 3.13. The van der Waals surface area contributed by atoms with Gasteiger partial charge in [0.1, 0.15) is 6.61 Å². The molecule has 1 aromatic carbocycles. The lowest BCUT2D eigenvalue weighted by atomic mass is 10.2. The van der Waals surface area contributed by atoms with Gasteiger partial charge in [-0.05, 0) is 18.2 Å². The van der Waals surface area contributed by atoms with Crippen molar-refractivity contribution in [1.82, 2.24) is 9.80 Å². The molecule has 0 bridgehead atoms. The van der Waals surface area contributed by atoms with Crippen molar-refractivity contribution in [2.45, 2.75) is 0 Å². The number of carbonyl (C=O) groups is 2. The number of benzene rings is 1. The summed E-state index contributed by atoms with van der Waals surface area (Å²) in [4.78, 5) is 27.4. The van der Waals surface area contributed by atoms with Gasteiger partial charge in [-0.25, -0.2) is 4.79 Å². The van der Waals surface area contributed by atoms with Gasteiger partial charge in [-0.1, -0.05) is 23.2 Å². The molecule has 2 rings (SSSR count). The van der Waals surface area contributed by atoms with Gasteiger partial charge in [-0.15, -0.1) is 11.6 Å². The number of carbonyl (C=O) groups excluding carboxylic acids is 2. The van der Waals surface area contributed by atoms with Crippen LogP contribution in [0.15, 0.2) is 18.2 Å². The van der Waals surface area contributed by atoms with Gasteiger partial charge < -0.3 is 14.5 Å². The number of alkyl halides is 1. The minimum Gasteiger partial charge on any atom is -0.448 e. The zero-order valence-electron chi connectivity index (χ0n) is 11.7. The number of piperazine rings is 1. The lowest BCUT2D eigenvalue weighted by Crippen LogP contribution is -2.50. The number of rotatable bonds is 3. The Morgan fingerprint density at radius 2 is 1.73 bits per heavy atom. The second-order valence-corrected chi connectivity index (χ2v) is 5.93. The normalized spacial score (nSPS) is 14.9. The van der Waals surface area contributed by atoms with Crippen molar-refractivity contribution in [3.05, 3.63) is 33.8 Å². The predicted molar refractivity (Wildman–Crippen MR) is 86.0 cm³/mol. The maximum atomic E-state index is 12.5. The number of hydrogen-bond acceptors (Lipinski definition) is 3. The quantitative estimate of drug-likeness (QED) is 0.773. The van der Waals surface area contributed by atoms with Crippen LogP contribution in [-0.4, -0.2) is 60.5 Å². The van der Waals surface area contributed by atoms with Crippen LogP contribution >= 0.6 is 34.8 Å². The third-order valence-electron chi connectivity index (χ3n) is 3.29. The zero-order valence-corrected chi connectivity index (χ0v) is 14.0. The van der Waals surface area contributed by atoms with Crippen LogP contribution in [0.3, 0.4) is 0 Å². The first kappa shape index (κ1) is 17.2. The molecule has 0 saturated carbocycles. The molecule has 0 aliphatic carbocycles. The van der Waals surface area contributed by atoms with Crippen molar-refractivity contribution in [3.63, 3.8) is 0 Å². The number of nitrogens with zero attached hydrogens (tertiary/aromatic N) is 2.